The number of nitrogens with zero attached hydrogens (tertiary/aromatic N) is 5. The molecule has 7 aliphatic heterocycles. The first-order valence-corrected chi connectivity index (χ1v) is 37.2. The van der Waals surface area contributed by atoms with Gasteiger partial charge < -0.3 is 106 Å². The Balaban J connectivity index is 0. The molecule has 7 aliphatic rings. The number of Topliss-reactive ketones (excluding diaryl/α,β-unsaturated/α-hetero) is 2. The van der Waals surface area contributed by atoms with E-state index in [1.54, 1.807) is 25.7 Å². The molecule has 656 valence electrons. The van der Waals surface area contributed by atoms with Crippen LogP contribution in [0.2, 0.25) is 0 Å². The third-order valence-corrected chi connectivity index (χ3v) is 19.7. The molecule has 17 N–H and O–H groups in total. The number of carboxylic acids is 1. The molecule has 0 unspecified atom stereocenters. The van der Waals surface area contributed by atoms with Gasteiger partial charge in [0.1, 0.15) is 49.0 Å². The minimum absolute atomic E-state index is 0. The van der Waals surface area contributed by atoms with Crippen molar-refractivity contribution in [1.82, 2.24) is 45.8 Å². The molecule has 15 atom stereocenters. The van der Waals surface area contributed by atoms with E-state index in [0.717, 1.165) is 49.9 Å². The van der Waals surface area contributed by atoms with Crippen molar-refractivity contribution in [2.24, 2.45) is 46.6 Å². The minimum Gasteiger partial charge on any atom is -0.480 e. The summed E-state index contributed by atoms with van der Waals surface area (Å²) in [5.41, 5.74) is 21.9. The molecule has 11 amide bonds. The first-order valence-electron chi connectivity index (χ1n) is 37.2. The van der Waals surface area contributed by atoms with Gasteiger partial charge in [0.2, 0.25) is 47.3 Å². The molecular weight excluding hydrogens is 1610 g/mol. The Bertz CT molecular complexity index is 3420. The van der Waals surface area contributed by atoms with Gasteiger partial charge in [-0.1, -0.05) is 82.9 Å². The summed E-state index contributed by atoms with van der Waals surface area (Å²) in [5, 5.41) is 58.1. The number of carbonyl (C=O) groups is 14. The molecule has 0 spiro atoms. The maximum Gasteiger partial charge on any atom is 0.410 e. The molecule has 115 heavy (non-hydrogen) atoms. The summed E-state index contributed by atoms with van der Waals surface area (Å²) in [7, 11) is 0. The normalized spacial score (nSPS) is 21.7. The van der Waals surface area contributed by atoms with Crippen molar-refractivity contribution in [1.29, 1.82) is 0 Å². The summed E-state index contributed by atoms with van der Waals surface area (Å²) in [4.78, 5) is 174. The second kappa shape index (κ2) is 53.0. The average molecular weight is 1740 g/mol. The van der Waals surface area contributed by atoms with Crippen LogP contribution in [-0.4, -0.2) is 264 Å². The van der Waals surface area contributed by atoms with Crippen LogP contribution in [-0.2, 0) is 101 Å². The number of hydrogen-bond donors (Lipinski definition) is 13. The first-order chi connectivity index (χ1) is 51.4. The molecule has 0 aliphatic carbocycles. The van der Waals surface area contributed by atoms with Crippen molar-refractivity contribution in [2.75, 3.05) is 58.9 Å². The van der Waals surface area contributed by atoms with E-state index in [2.05, 4.69) is 21.3 Å². The summed E-state index contributed by atoms with van der Waals surface area (Å²) in [6.45, 7) is 16.1. The van der Waals surface area contributed by atoms with E-state index < -0.39 is 144 Å². The topological polar surface area (TPSA) is 536 Å². The maximum atomic E-state index is 13.0. The fourth-order valence-corrected chi connectivity index (χ4v) is 13.6. The largest absolute Gasteiger partial charge is 0.480 e. The first kappa shape index (κ1) is 109. The summed E-state index contributed by atoms with van der Waals surface area (Å²) in [6, 6.07) is 13.4. The molecular formula is C78H130N13O22PdS-. The number of carboxylic acid groups (broad SMARTS) is 1. The second-order valence-corrected chi connectivity index (χ2v) is 29.3. The van der Waals surface area contributed by atoms with E-state index in [-0.39, 0.29) is 132 Å². The smallest absolute Gasteiger partial charge is 0.410 e. The molecule has 0 saturated carbocycles. The third kappa shape index (κ3) is 34.4. The monoisotopic (exact) mass is 1740 g/mol. The number of nitrogens with two attached hydrogens (primary N) is 4. The number of amides is 11. The number of ketones is 2. The Morgan fingerprint density at radius 2 is 0.896 bits per heavy atom. The fourth-order valence-electron chi connectivity index (χ4n) is 13.6. The predicted molar refractivity (Wildman–Crippen MR) is 428 cm³/mol. The number of ether oxygens (including phenoxy) is 3. The van der Waals surface area contributed by atoms with Gasteiger partial charge in [-0.05, 0) is 150 Å². The van der Waals surface area contributed by atoms with Gasteiger partial charge in [-0.15, -0.1) is 0 Å². The van der Waals surface area contributed by atoms with Crippen LogP contribution < -0.4 is 44.2 Å². The van der Waals surface area contributed by atoms with E-state index in [0.29, 0.717) is 90.6 Å². The number of hydrogen-bond acceptors (Lipinski definition) is 23. The van der Waals surface area contributed by atoms with E-state index in [4.69, 9.17) is 42.3 Å². The van der Waals surface area contributed by atoms with Gasteiger partial charge >= 0.3 is 24.2 Å². The molecule has 2 aromatic carbocycles. The molecule has 2 aromatic rings. The number of aliphatic hydroxyl groups is 4. The number of benzene rings is 2. The molecule has 37 heteroatoms. The molecule has 7 heterocycles. The van der Waals surface area contributed by atoms with Gasteiger partial charge in [0.15, 0.2) is 11.6 Å². The van der Waals surface area contributed by atoms with E-state index in [1.165, 1.54) is 47.3 Å². The quantitative estimate of drug-likeness (QED) is 0.0385. The second-order valence-electron chi connectivity index (χ2n) is 29.3. The summed E-state index contributed by atoms with van der Waals surface area (Å²) < 4.78 is 15.8. The van der Waals surface area contributed by atoms with Gasteiger partial charge in [-0.2, -0.15) is 13.5 Å². The number of likely N-dealkylation sites (tertiary alicyclic amines) is 5. The van der Waals surface area contributed by atoms with Crippen LogP contribution in [0.3, 0.4) is 0 Å². The molecule has 0 bridgehead atoms. The molecule has 7 fully saturated rings. The van der Waals surface area contributed by atoms with Crippen molar-refractivity contribution in [3.05, 3.63) is 79.2 Å². The molecule has 0 radical (unpaired) electrons. The van der Waals surface area contributed by atoms with Crippen LogP contribution in [0.15, 0.2) is 60.7 Å². The Morgan fingerprint density at radius 1 is 0.496 bits per heavy atom. The van der Waals surface area contributed by atoms with Crippen LogP contribution in [0.1, 0.15) is 172 Å². The molecule has 0 aromatic heterocycles. The fraction of sp³-hybridized carbons (Fsp3) is 0.654. The van der Waals surface area contributed by atoms with Crippen molar-refractivity contribution >= 4 is 96.6 Å². The summed E-state index contributed by atoms with van der Waals surface area (Å²) in [5.74, 6) is -7.60. The van der Waals surface area contributed by atoms with Gasteiger partial charge in [0, 0.05) is 79.1 Å². The third-order valence-electron chi connectivity index (χ3n) is 19.7. The van der Waals surface area contributed by atoms with Crippen LogP contribution in [0.5, 0.6) is 0 Å². The zero-order chi connectivity index (χ0) is 81.0. The number of aliphatic carboxylic acids is 1. The van der Waals surface area contributed by atoms with E-state index in [9.17, 15) is 87.5 Å². The van der Waals surface area contributed by atoms with Crippen molar-refractivity contribution in [3.63, 3.8) is 0 Å². The van der Waals surface area contributed by atoms with Gasteiger partial charge in [0.05, 0.1) is 60.2 Å². The van der Waals surface area contributed by atoms with Gasteiger partial charge in [0.25, 0.3) is 0 Å². The van der Waals surface area contributed by atoms with Gasteiger partial charge in [-0.25, -0.2) is 19.2 Å². The Morgan fingerprint density at radius 3 is 1.26 bits per heavy atom. The van der Waals surface area contributed by atoms with E-state index in [1.807, 2.05) is 60.7 Å². The number of aliphatic hydroxyl groups excluding tert-OH is 4. The van der Waals surface area contributed by atoms with Crippen LogP contribution in [0.4, 0.5) is 14.4 Å². The molecule has 35 nitrogen and oxygen atoms in total. The number of rotatable bonds is 25. The van der Waals surface area contributed by atoms with E-state index >= 15 is 0 Å². The number of primary amides is 4. The van der Waals surface area contributed by atoms with Crippen LogP contribution >= 0.6 is 13.5 Å². The number of carbonyl (C=O) groups excluding carboxylic acids is 13. The molecule has 9 rings (SSSR count). The van der Waals surface area contributed by atoms with Crippen LogP contribution in [0.25, 0.3) is 0 Å². The predicted octanol–water partition coefficient (Wildman–Crippen LogP) is 2.27. The SMILES string of the molecule is C.C.C.C[C@@H](O)[C@H](CC(=O)[C@@H]1CCCN1)C(N)=O.C[C@@H](O)[C@H](CC(=O)[C@@H]1CCCN1C(=O)OCc1ccccc1)C(N)=O.C[C@@H](O)[C@H](NC(=O)[C@@H]1CCCN1C(=O)[C@@H]1CCN(C(=O)OC(C)(C)C)C1)C(N)=O.C[C@@H](O)[C@H](NC(=O)[C@@H]1CCCN1C(=O)[C@@H]1CCNC1)C(N)=O.O=C(O)[C@@H]1CCCN1C(=O)OCc1ccccc1.S.[CH3-].[Pd]. The Kier molecular flexibility index (Phi) is 50.1. The van der Waals surface area contributed by atoms with Crippen LogP contribution in [0, 0.1) is 31.1 Å². The number of nitrogens with one attached hydrogen (secondary N) is 4. The van der Waals surface area contributed by atoms with Crippen molar-refractivity contribution in [2.45, 2.75) is 246 Å². The van der Waals surface area contributed by atoms with Crippen molar-refractivity contribution in [3.8, 4) is 0 Å². The maximum absolute atomic E-state index is 13.0. The standard InChI is InChI=1S/C19H32N4O6.C18H24N2O5.C14H24N4O4.C13H15NO4.C10H18N2O3.3CH4.CH3.Pd.H2S/c1-11(24)14(15(20)25)21-16(26)13-6-5-8-23(13)17(27)12-7-9-22(10-12)18(28)29-19(2,3)4;1-12(21)14(17(19)23)10-16(22)15-8-5-9-20(15)18(24)25-11-13-6-3-2-4-7-13;1-8(19)11(12(15)20)17-13(21)10-3-2-6-18(10)14(22)9-4-5-16-7-9;15-12(16)11-7-4-8-14(11)13(17)18-9-10-5-2-1-3-6-10;1-6(13)7(10(11)15)5-9(14)8-3-2-4-12-8;;;;;;/h11-14,24H,5-10H2,1-4H3,(H2,20,25)(H,21,26);2-4,6-7,12,14-15,21H,5,8-11H2,1H3,(H2,19,23);8-11,16,19H,2-7H2,1H3,(H2,15,20)(H,17,21);1-3,5-6,11H,4,7-9H2,(H,15,16);6-8,12-13H,2-5H2,1H3,(H2,11,15);3*1H4;1H3;;1H2/q;;;;;;;;-1;;/t11-,12-,13+,14+;12-,14+,15+;8-,9-,10+,11+;11-;6-,7+,8+;;;;;;/m11101....../s1. The Labute approximate surface area is 696 Å². The average Bonchev–Trinajstić information content (AvgIpc) is 1.69. The zero-order valence-electron chi connectivity index (χ0n) is 65.1. The summed E-state index contributed by atoms with van der Waals surface area (Å²) >= 11 is 0. The molecule has 7 saturated heterocycles. The minimum atomic E-state index is -1.21. The van der Waals surface area contributed by atoms with Crippen molar-refractivity contribution < 1.29 is 127 Å². The van der Waals surface area contributed by atoms with Gasteiger partial charge in [-0.3, -0.25) is 57.7 Å². The Hall–Kier alpha value is -8.41. The zero-order valence-corrected chi connectivity index (χ0v) is 67.7. The summed E-state index contributed by atoms with van der Waals surface area (Å²) in [6.07, 6.45) is 2.10.